The number of hydrogen-bond donors (Lipinski definition) is 0. The molecule has 9 heavy (non-hydrogen) atoms. The summed E-state index contributed by atoms with van der Waals surface area (Å²) in [5, 5.41) is -5.04. The van der Waals surface area contributed by atoms with Gasteiger partial charge in [-0.15, -0.1) is 0 Å². The molecule has 0 rings (SSSR count). The van der Waals surface area contributed by atoms with Crippen LogP contribution in [0.15, 0.2) is 0 Å². The third-order valence-corrected chi connectivity index (χ3v) is 2.13. The molecule has 0 atom stereocenters. The topological polar surface area (TPSA) is 0 Å². The summed E-state index contributed by atoms with van der Waals surface area (Å²) in [4.78, 5) is 0. The van der Waals surface area contributed by atoms with Gasteiger partial charge in [0, 0.05) is 0 Å². The van der Waals surface area contributed by atoms with Crippen LogP contribution in [-0.4, -0.2) is 5.40 Å². The van der Waals surface area contributed by atoms with Gasteiger partial charge in [0.2, 0.25) is 0 Å². The Kier molecular flexibility index (Phi) is 3.17. The Balaban J connectivity index is 4.01. The van der Waals surface area contributed by atoms with E-state index in [1.54, 1.807) is 0 Å². The maximum Gasteiger partial charge on any atom is 0.399 e. The molecule has 0 aliphatic heterocycles. The van der Waals surface area contributed by atoms with Gasteiger partial charge in [-0.1, -0.05) is 0 Å². The second-order valence-corrected chi connectivity index (χ2v) is 3.38. The van der Waals surface area contributed by atoms with E-state index in [9.17, 15) is 25.6 Å². The Morgan fingerprint density at radius 1 is 0.778 bits per heavy atom. The van der Waals surface area contributed by atoms with E-state index in [1.165, 1.54) is 0 Å². The predicted octanol–water partition coefficient (Wildman–Crippen LogP) is 4.04. The van der Waals surface area contributed by atoms with Gasteiger partial charge in [-0.3, -0.25) is 0 Å². The molecule has 56 valence electrons. The Morgan fingerprint density at radius 2 is 1.00 bits per heavy atom. The first-order valence-electron chi connectivity index (χ1n) is 1.50. The van der Waals surface area contributed by atoms with Crippen LogP contribution in [0.4, 0.5) is 25.6 Å². The van der Waals surface area contributed by atoms with Crippen LogP contribution in [0.5, 0.6) is 0 Å². The fourth-order valence-electron chi connectivity index (χ4n) is 0.0571. The molecule has 0 N–H and O–H groups in total. The van der Waals surface area contributed by atoms with E-state index < -0.39 is 22.5 Å². The van der Waals surface area contributed by atoms with Gasteiger partial charge in [0.05, 0.1) is 0 Å². The lowest BCUT2D eigenvalue weighted by Crippen LogP contribution is -2.01. The van der Waals surface area contributed by atoms with Crippen LogP contribution in [0.25, 0.3) is 0 Å². The van der Waals surface area contributed by atoms with E-state index in [0.717, 1.165) is 0 Å². The second kappa shape index (κ2) is 3.02. The molecule has 0 saturated heterocycles. The molecule has 0 bridgehead atoms. The van der Waals surface area contributed by atoms with E-state index in [2.05, 4.69) is 0 Å². The van der Waals surface area contributed by atoms with Gasteiger partial charge in [0.1, 0.15) is 0 Å². The minimum atomic E-state index is -5.04. The average molecular weight is 188 g/mol. The summed E-state index contributed by atoms with van der Waals surface area (Å²) in [6.45, 7) is 0. The maximum atomic E-state index is 11.2. The van der Waals surface area contributed by atoms with Crippen LogP contribution in [0.2, 0.25) is 0 Å². The lowest BCUT2D eigenvalue weighted by atomic mass is 11.6. The van der Waals surface area contributed by atoms with Gasteiger partial charge < -0.3 is 0 Å². The van der Waals surface area contributed by atoms with Crippen LogP contribution in [-0.2, 0) is 0 Å². The van der Waals surface area contributed by atoms with Gasteiger partial charge in [-0.25, -0.2) is 0 Å². The van der Waals surface area contributed by atoms with Crippen molar-refractivity contribution in [3.63, 3.8) is 0 Å². The van der Waals surface area contributed by atoms with E-state index in [-0.39, 0.29) is 0 Å². The van der Waals surface area contributed by atoms with Crippen molar-refractivity contribution in [1.29, 1.82) is 0 Å². The summed E-state index contributed by atoms with van der Waals surface area (Å²) in [6, 6.07) is 0. The Bertz CT molecular complexity index is 79.1. The van der Waals surface area contributed by atoms with Crippen molar-refractivity contribution in [3.8, 4) is 0 Å². The minimum Gasteiger partial charge on any atom is -0.184 e. The number of hydrogen-bond acceptors (Lipinski definition) is 0. The molecule has 0 aromatic carbocycles. The molecule has 0 aliphatic rings. The van der Waals surface area contributed by atoms with E-state index >= 15 is 0 Å². The average Bonchev–Trinajstić information content (AvgIpc) is 1.65. The van der Waals surface area contributed by atoms with Crippen molar-refractivity contribution in [2.24, 2.45) is 0 Å². The smallest absolute Gasteiger partial charge is 0.184 e. The van der Waals surface area contributed by atoms with Crippen molar-refractivity contribution in [2.45, 2.75) is 5.40 Å². The fraction of sp³-hybridized carbons (Fsp3) is 1.00. The van der Waals surface area contributed by atoms with Crippen molar-refractivity contribution in [1.82, 2.24) is 0 Å². The quantitative estimate of drug-likeness (QED) is 0.453. The van der Waals surface area contributed by atoms with Gasteiger partial charge >= 0.3 is 22.5 Å². The first kappa shape index (κ1) is 9.44. The molecule has 0 unspecified atom stereocenters. The molecule has 0 aromatic heterocycles. The van der Waals surface area contributed by atoms with Crippen molar-refractivity contribution in [3.05, 3.63) is 0 Å². The number of halogens is 6. The highest BCUT2D eigenvalue weighted by molar-refractivity contribution is 7.66. The van der Waals surface area contributed by atoms with Crippen LogP contribution >= 0.6 is 17.1 Å². The summed E-state index contributed by atoms with van der Waals surface area (Å²) in [5.74, 6) is 0. The molecule has 0 aliphatic carbocycles. The van der Waals surface area contributed by atoms with Gasteiger partial charge in [0.25, 0.3) is 0 Å². The largest absolute Gasteiger partial charge is 0.399 e. The Hall–Kier alpha value is 0.440. The Morgan fingerprint density at radius 3 is 1.00 bits per heavy atom. The minimum absolute atomic E-state index is 4.84. The fourth-order valence-corrected chi connectivity index (χ4v) is 0.514. The molecule has 0 fully saturated rings. The SMILES string of the molecule is FP(F)C(F)(F)P(F)F. The molecular formula is CF6P2. The first-order chi connectivity index (χ1) is 3.89. The van der Waals surface area contributed by atoms with Crippen LogP contribution in [0.3, 0.4) is 0 Å². The Labute approximate surface area is 49.2 Å². The standard InChI is InChI=1S/CF6P2/c2-1(3,8(4)5)9(6)7. The summed E-state index contributed by atoms with van der Waals surface area (Å²) in [5.41, 5.74) is 0. The van der Waals surface area contributed by atoms with Crippen LogP contribution < -0.4 is 0 Å². The summed E-state index contributed by atoms with van der Waals surface area (Å²) in [6.07, 6.45) is 0. The lowest BCUT2D eigenvalue weighted by molar-refractivity contribution is 0.169. The summed E-state index contributed by atoms with van der Waals surface area (Å²) in [7, 11) is -9.68. The lowest BCUT2D eigenvalue weighted by Gasteiger charge is -2.09. The molecule has 0 aromatic rings. The van der Waals surface area contributed by atoms with E-state index in [0.29, 0.717) is 0 Å². The monoisotopic (exact) mass is 188 g/mol. The molecule has 0 saturated carbocycles. The highest BCUT2D eigenvalue weighted by Gasteiger charge is 2.53. The number of rotatable bonds is 2. The van der Waals surface area contributed by atoms with Gasteiger partial charge in [-0.2, -0.15) is 25.6 Å². The molecule has 0 spiro atoms. The van der Waals surface area contributed by atoms with Crippen molar-refractivity contribution in [2.75, 3.05) is 0 Å². The zero-order chi connectivity index (χ0) is 7.65. The normalized spacial score (nSPS) is 13.3. The molecule has 8 heteroatoms. The number of alkyl halides is 2. The predicted molar refractivity (Wildman–Crippen MR) is 23.2 cm³/mol. The molecule has 0 nitrogen and oxygen atoms in total. The maximum absolute atomic E-state index is 11.2. The summed E-state index contributed by atoms with van der Waals surface area (Å²) >= 11 is 0. The zero-order valence-corrected chi connectivity index (χ0v) is 5.45. The van der Waals surface area contributed by atoms with Crippen LogP contribution in [0, 0.1) is 0 Å². The van der Waals surface area contributed by atoms with Crippen molar-refractivity contribution >= 4 is 17.1 Å². The van der Waals surface area contributed by atoms with E-state index in [1.807, 2.05) is 0 Å². The highest BCUT2D eigenvalue weighted by Crippen LogP contribution is 2.72. The van der Waals surface area contributed by atoms with Gasteiger partial charge in [-0.05, 0) is 0 Å². The van der Waals surface area contributed by atoms with Crippen molar-refractivity contribution < 1.29 is 25.6 Å². The third kappa shape index (κ3) is 2.26. The highest BCUT2D eigenvalue weighted by atomic mass is 31.2. The zero-order valence-electron chi connectivity index (χ0n) is 3.66. The summed E-state index contributed by atoms with van der Waals surface area (Å²) < 4.78 is 66.1. The third-order valence-electron chi connectivity index (χ3n) is 0.407. The van der Waals surface area contributed by atoms with Crippen LogP contribution in [0.1, 0.15) is 0 Å². The molecular weight excluding hydrogens is 188 g/mol. The molecule has 0 amide bonds. The first-order valence-corrected chi connectivity index (χ1v) is 3.75. The van der Waals surface area contributed by atoms with Gasteiger partial charge in [0.15, 0.2) is 0 Å². The molecule has 0 heterocycles. The second-order valence-electron chi connectivity index (χ2n) is 0.975. The van der Waals surface area contributed by atoms with E-state index in [4.69, 9.17) is 0 Å². The molecule has 0 radical (unpaired) electrons.